The van der Waals surface area contributed by atoms with Gasteiger partial charge in [0, 0.05) is 66.8 Å². The zero-order valence-electron chi connectivity index (χ0n) is 28.0. The molecule has 2 N–H and O–H groups in total. The van der Waals surface area contributed by atoms with Gasteiger partial charge in [-0.05, 0) is 60.6 Å². The maximum atomic E-state index is 14.1. The monoisotopic (exact) mass is 683 g/mol. The van der Waals surface area contributed by atoms with Crippen LogP contribution in [0.15, 0.2) is 126 Å². The van der Waals surface area contributed by atoms with Crippen molar-refractivity contribution in [1.29, 1.82) is 0 Å². The van der Waals surface area contributed by atoms with Gasteiger partial charge in [0.2, 0.25) is 11.8 Å². The number of benzene rings is 4. The van der Waals surface area contributed by atoms with E-state index in [1.54, 1.807) is 66.7 Å². The maximum Gasteiger partial charge on any atom is 0.269 e. The highest BCUT2D eigenvalue weighted by Crippen LogP contribution is 2.29. The molecule has 1 atom stereocenters. The van der Waals surface area contributed by atoms with Crippen molar-refractivity contribution >= 4 is 40.7 Å². The molecule has 1 unspecified atom stereocenters. The van der Waals surface area contributed by atoms with Gasteiger partial charge in [0.25, 0.3) is 5.69 Å². The zero-order valence-corrected chi connectivity index (χ0v) is 28.0. The first-order chi connectivity index (χ1) is 24.8. The third kappa shape index (κ3) is 8.53. The number of furan rings is 1. The second-order valence-corrected chi connectivity index (χ2v) is 12.1. The van der Waals surface area contributed by atoms with Gasteiger partial charge in [0.1, 0.15) is 17.6 Å². The van der Waals surface area contributed by atoms with Crippen LogP contribution in [0.3, 0.4) is 0 Å². The van der Waals surface area contributed by atoms with Crippen molar-refractivity contribution in [2.45, 2.75) is 13.0 Å². The average Bonchev–Trinajstić information content (AvgIpc) is 3.65. The summed E-state index contributed by atoms with van der Waals surface area (Å²) in [5.74, 6) is -0.127. The molecule has 0 spiro atoms. The minimum absolute atomic E-state index is 0.0245. The van der Waals surface area contributed by atoms with Gasteiger partial charge in [-0.2, -0.15) is 0 Å². The zero-order chi connectivity index (χ0) is 35.7. The van der Waals surface area contributed by atoms with Crippen LogP contribution in [-0.2, 0) is 9.59 Å². The van der Waals surface area contributed by atoms with Gasteiger partial charge in [-0.3, -0.25) is 29.4 Å². The number of nitrogens with one attached hydrogen (secondary N) is 2. The van der Waals surface area contributed by atoms with Gasteiger partial charge >= 0.3 is 0 Å². The lowest BCUT2D eigenvalue weighted by Crippen LogP contribution is -2.49. The summed E-state index contributed by atoms with van der Waals surface area (Å²) in [6, 6.07) is 32.0. The van der Waals surface area contributed by atoms with E-state index < -0.39 is 16.9 Å². The Morgan fingerprint density at radius 3 is 2.20 bits per heavy atom. The van der Waals surface area contributed by atoms with E-state index in [0.717, 1.165) is 38.3 Å². The molecule has 1 saturated heterocycles. The highest BCUT2D eigenvalue weighted by Gasteiger charge is 2.31. The van der Waals surface area contributed by atoms with Crippen molar-refractivity contribution in [2.75, 3.05) is 43.4 Å². The number of nitro groups is 1. The number of rotatable bonds is 12. The minimum atomic E-state index is -0.558. The molecule has 0 saturated carbocycles. The van der Waals surface area contributed by atoms with E-state index in [1.807, 2.05) is 36.4 Å². The fraction of sp³-hybridized carbons (Fsp3) is 0.175. The summed E-state index contributed by atoms with van der Waals surface area (Å²) in [5.41, 5.74) is 2.87. The molecule has 1 aromatic heterocycles. The number of likely N-dealkylation sites (N-methyl/N-ethyl adjacent to an activating group) is 1. The number of hydrogen-bond donors (Lipinski definition) is 2. The second kappa shape index (κ2) is 16.0. The van der Waals surface area contributed by atoms with Crippen LogP contribution >= 0.6 is 0 Å². The topological polar surface area (TPSA) is 138 Å². The molecule has 258 valence electrons. The number of nitro benzene ring substituents is 1. The molecule has 1 aliphatic heterocycles. The van der Waals surface area contributed by atoms with Gasteiger partial charge in [-0.15, -0.1) is 0 Å². The Labute approximate surface area is 295 Å². The number of piperazine rings is 1. The molecule has 51 heavy (non-hydrogen) atoms. The first-order valence-corrected chi connectivity index (χ1v) is 16.7. The van der Waals surface area contributed by atoms with Crippen molar-refractivity contribution in [3.05, 3.63) is 154 Å². The largest absolute Gasteiger partial charge is 0.457 e. The Morgan fingerprint density at radius 2 is 1.53 bits per heavy atom. The quantitative estimate of drug-likeness (QED) is 0.0618. The highest BCUT2D eigenvalue weighted by atomic mass is 16.6. The molecule has 5 aromatic rings. The summed E-state index contributed by atoms with van der Waals surface area (Å²) in [6.07, 6.45) is 2.80. The lowest BCUT2D eigenvalue weighted by atomic mass is 9.99. The second-order valence-electron chi connectivity index (χ2n) is 12.1. The molecule has 1 aliphatic rings. The Kier molecular flexibility index (Phi) is 10.9. The summed E-state index contributed by atoms with van der Waals surface area (Å²) in [7, 11) is 0. The highest BCUT2D eigenvalue weighted by molar-refractivity contribution is 6.15. The summed E-state index contributed by atoms with van der Waals surface area (Å²) in [4.78, 5) is 55.9. The number of amides is 2. The molecular weight excluding hydrogens is 646 g/mol. The van der Waals surface area contributed by atoms with E-state index in [0.29, 0.717) is 34.0 Å². The normalized spacial score (nSPS) is 14.2. The molecule has 1 fully saturated rings. The van der Waals surface area contributed by atoms with Gasteiger partial charge in [0.05, 0.1) is 10.6 Å². The van der Waals surface area contributed by atoms with Crippen molar-refractivity contribution in [3.63, 3.8) is 0 Å². The fourth-order valence-corrected chi connectivity index (χ4v) is 6.05. The molecule has 0 aliphatic carbocycles. The van der Waals surface area contributed by atoms with Gasteiger partial charge in [-0.1, -0.05) is 67.6 Å². The van der Waals surface area contributed by atoms with Crippen LogP contribution < -0.4 is 10.6 Å². The molecule has 11 heteroatoms. The van der Waals surface area contributed by atoms with Crippen LogP contribution in [0.25, 0.3) is 17.4 Å². The SMILES string of the molecule is CCN1CCN(C(C(=O)Nc2ccc(NC(=O)/C=C/c3ccc(-c4ccc([N+](=O)[O-])cc4)o3)cc2C(=O)c2ccccc2)c2ccccc2)CC1. The van der Waals surface area contributed by atoms with E-state index >= 15 is 0 Å². The van der Waals surface area contributed by atoms with E-state index in [1.165, 1.54) is 24.3 Å². The van der Waals surface area contributed by atoms with Crippen LogP contribution in [0.1, 0.15) is 40.2 Å². The van der Waals surface area contributed by atoms with Crippen molar-refractivity contribution in [3.8, 4) is 11.3 Å². The summed E-state index contributed by atoms with van der Waals surface area (Å²) < 4.78 is 5.80. The number of ketones is 1. The predicted molar refractivity (Wildman–Crippen MR) is 196 cm³/mol. The Hall–Kier alpha value is -6.17. The van der Waals surface area contributed by atoms with Crippen LogP contribution in [0.5, 0.6) is 0 Å². The number of anilines is 2. The Bertz CT molecular complexity index is 2030. The van der Waals surface area contributed by atoms with Gasteiger partial charge < -0.3 is 20.0 Å². The van der Waals surface area contributed by atoms with Crippen LogP contribution in [-0.4, -0.2) is 65.0 Å². The number of carbonyl (C=O) groups is 3. The molecule has 2 amide bonds. The maximum absolute atomic E-state index is 14.1. The summed E-state index contributed by atoms with van der Waals surface area (Å²) in [6.45, 7) is 6.25. The molecule has 2 heterocycles. The molecule has 6 rings (SSSR count). The van der Waals surface area contributed by atoms with Crippen molar-refractivity contribution in [2.24, 2.45) is 0 Å². The molecule has 0 bridgehead atoms. The summed E-state index contributed by atoms with van der Waals surface area (Å²) >= 11 is 0. The fourth-order valence-electron chi connectivity index (χ4n) is 6.05. The number of carbonyl (C=O) groups excluding carboxylic acids is 3. The Morgan fingerprint density at radius 1 is 0.843 bits per heavy atom. The van der Waals surface area contributed by atoms with Crippen LogP contribution in [0.2, 0.25) is 0 Å². The van der Waals surface area contributed by atoms with Crippen LogP contribution in [0.4, 0.5) is 17.1 Å². The van der Waals surface area contributed by atoms with Crippen molar-refractivity contribution < 1.29 is 23.7 Å². The standard InChI is InChI=1S/C40H37N5O6/c1-2-43-23-25-44(26-24-43)38(29-9-5-3-6-10-29)40(48)42-35-20-15-31(27-34(35)39(47)30-11-7-4-8-12-30)41-37(46)22-19-33-18-21-36(51-33)28-13-16-32(17-14-28)45(49)50/h3-22,27,38H,2,23-26H2,1H3,(H,41,46)(H,42,48)/b22-19+. The number of nitrogens with zero attached hydrogens (tertiary/aromatic N) is 3. The minimum Gasteiger partial charge on any atom is -0.457 e. The van der Waals surface area contributed by atoms with E-state index in [-0.39, 0.29) is 22.9 Å². The van der Waals surface area contributed by atoms with Gasteiger partial charge in [0.15, 0.2) is 5.78 Å². The molecule has 4 aromatic carbocycles. The predicted octanol–water partition coefficient (Wildman–Crippen LogP) is 7.06. The van der Waals surface area contributed by atoms with E-state index in [4.69, 9.17) is 4.42 Å². The third-order valence-corrected chi connectivity index (χ3v) is 8.80. The van der Waals surface area contributed by atoms with E-state index in [2.05, 4.69) is 27.4 Å². The first kappa shape index (κ1) is 34.7. The van der Waals surface area contributed by atoms with Gasteiger partial charge in [-0.25, -0.2) is 0 Å². The summed E-state index contributed by atoms with van der Waals surface area (Å²) in [5, 5.41) is 16.8. The molecule has 0 radical (unpaired) electrons. The molecular formula is C40H37N5O6. The number of non-ortho nitro benzene ring substituents is 1. The van der Waals surface area contributed by atoms with Crippen molar-refractivity contribution in [1.82, 2.24) is 9.80 Å². The van der Waals surface area contributed by atoms with Crippen LogP contribution in [0, 0.1) is 10.1 Å². The third-order valence-electron chi connectivity index (χ3n) is 8.80. The average molecular weight is 684 g/mol. The van der Waals surface area contributed by atoms with E-state index in [9.17, 15) is 24.5 Å². The first-order valence-electron chi connectivity index (χ1n) is 16.7. The Balaban J connectivity index is 1.21. The lowest BCUT2D eigenvalue weighted by molar-refractivity contribution is -0.384. The lowest BCUT2D eigenvalue weighted by Gasteiger charge is -2.38. The number of hydrogen-bond acceptors (Lipinski definition) is 8. The smallest absolute Gasteiger partial charge is 0.269 e. The molecule has 11 nitrogen and oxygen atoms in total.